The fourth-order valence-corrected chi connectivity index (χ4v) is 2.65. The van der Waals surface area contributed by atoms with Crippen molar-refractivity contribution in [2.24, 2.45) is 0 Å². The molecule has 0 aliphatic carbocycles. The van der Waals surface area contributed by atoms with Crippen LogP contribution in [0, 0.1) is 6.92 Å². The number of benzene rings is 1. The number of rotatable bonds is 1. The van der Waals surface area contributed by atoms with Crippen LogP contribution in [0.3, 0.4) is 0 Å². The van der Waals surface area contributed by atoms with Gasteiger partial charge >= 0.3 is 0 Å². The van der Waals surface area contributed by atoms with Gasteiger partial charge in [0.1, 0.15) is 16.8 Å². The molecule has 0 spiro atoms. The third-order valence-corrected chi connectivity index (χ3v) is 3.37. The molecule has 3 nitrogen and oxygen atoms in total. The second-order valence-corrected chi connectivity index (χ2v) is 4.87. The van der Waals surface area contributed by atoms with Crippen molar-refractivity contribution in [2.75, 3.05) is 11.4 Å². The average molecular weight is 260 g/mol. The number of halogens is 1. The molecule has 0 atom stereocenters. The lowest BCUT2D eigenvalue weighted by Crippen LogP contribution is -2.25. The Labute approximate surface area is 111 Å². The topological polar surface area (TPSA) is 29.0 Å². The van der Waals surface area contributed by atoms with Crippen LogP contribution in [0.2, 0.25) is 5.15 Å². The molecule has 2 heterocycles. The largest absolute Gasteiger partial charge is 0.326 e. The number of nitrogens with zero attached hydrogens (tertiary/aromatic N) is 3. The minimum atomic E-state index is 0.501. The molecule has 0 bridgehead atoms. The van der Waals surface area contributed by atoms with Gasteiger partial charge in [-0.2, -0.15) is 0 Å². The quantitative estimate of drug-likeness (QED) is 0.734. The van der Waals surface area contributed by atoms with Gasteiger partial charge in [0, 0.05) is 18.3 Å². The van der Waals surface area contributed by atoms with Gasteiger partial charge in [0.15, 0.2) is 0 Å². The van der Waals surface area contributed by atoms with E-state index in [9.17, 15) is 0 Å². The first-order valence-electron chi connectivity index (χ1n) is 6.11. The highest BCUT2D eigenvalue weighted by molar-refractivity contribution is 6.29. The van der Waals surface area contributed by atoms with Crippen LogP contribution in [0.4, 0.5) is 11.5 Å². The molecule has 1 aliphatic rings. The summed E-state index contributed by atoms with van der Waals surface area (Å²) in [4.78, 5) is 10.8. The van der Waals surface area contributed by atoms with E-state index in [1.54, 1.807) is 0 Å². The first-order chi connectivity index (χ1) is 8.74. The summed E-state index contributed by atoms with van der Waals surface area (Å²) < 4.78 is 0. The Morgan fingerprint density at radius 2 is 2.06 bits per heavy atom. The van der Waals surface area contributed by atoms with Crippen molar-refractivity contribution in [1.29, 1.82) is 0 Å². The van der Waals surface area contributed by atoms with E-state index >= 15 is 0 Å². The number of hydrogen-bond donors (Lipinski definition) is 0. The molecule has 4 heteroatoms. The molecular formula is C14H14ClN3. The van der Waals surface area contributed by atoms with E-state index < -0.39 is 0 Å². The van der Waals surface area contributed by atoms with E-state index in [4.69, 9.17) is 11.6 Å². The molecule has 0 amide bonds. The molecule has 0 unspecified atom stereocenters. The van der Waals surface area contributed by atoms with Crippen LogP contribution in [0.5, 0.6) is 0 Å². The van der Waals surface area contributed by atoms with Crippen molar-refractivity contribution in [1.82, 2.24) is 9.97 Å². The Bertz CT molecular complexity index is 563. The Kier molecular flexibility index (Phi) is 2.92. The third-order valence-electron chi connectivity index (χ3n) is 3.18. The van der Waals surface area contributed by atoms with E-state index in [0.717, 1.165) is 25.2 Å². The molecule has 0 fully saturated rings. The van der Waals surface area contributed by atoms with E-state index in [-0.39, 0.29) is 0 Å². The fourth-order valence-electron chi connectivity index (χ4n) is 2.43. The molecule has 1 aromatic heterocycles. The molecular weight excluding hydrogens is 246 g/mol. The summed E-state index contributed by atoms with van der Waals surface area (Å²) in [6.45, 7) is 2.84. The highest BCUT2D eigenvalue weighted by atomic mass is 35.5. The van der Waals surface area contributed by atoms with Gasteiger partial charge in [-0.3, -0.25) is 0 Å². The van der Waals surface area contributed by atoms with Crippen LogP contribution in [0.15, 0.2) is 30.3 Å². The van der Waals surface area contributed by atoms with Crippen LogP contribution < -0.4 is 4.90 Å². The molecule has 1 aliphatic heterocycles. The number of para-hydroxylation sites is 1. The number of hydrogen-bond acceptors (Lipinski definition) is 3. The van der Waals surface area contributed by atoms with Crippen LogP contribution in [0.1, 0.15) is 17.8 Å². The maximum Gasteiger partial charge on any atom is 0.138 e. The predicted molar refractivity (Wildman–Crippen MR) is 73.5 cm³/mol. The Morgan fingerprint density at radius 3 is 2.89 bits per heavy atom. The smallest absolute Gasteiger partial charge is 0.138 e. The van der Waals surface area contributed by atoms with Crippen molar-refractivity contribution in [2.45, 2.75) is 19.8 Å². The molecule has 1 aromatic carbocycles. The molecule has 0 saturated carbocycles. The zero-order valence-corrected chi connectivity index (χ0v) is 11.0. The van der Waals surface area contributed by atoms with Gasteiger partial charge in [-0.25, -0.2) is 9.97 Å². The number of aromatic nitrogens is 2. The summed E-state index contributed by atoms with van der Waals surface area (Å²) in [7, 11) is 0. The normalized spacial score (nSPS) is 14.4. The first-order valence-corrected chi connectivity index (χ1v) is 6.48. The number of fused-ring (bicyclic) bond motifs is 1. The summed E-state index contributed by atoms with van der Waals surface area (Å²) in [5.74, 6) is 1.60. The highest BCUT2D eigenvalue weighted by Gasteiger charge is 2.19. The summed E-state index contributed by atoms with van der Waals surface area (Å²) >= 11 is 6.02. The second-order valence-electron chi connectivity index (χ2n) is 4.48. The number of anilines is 2. The molecule has 2 aromatic rings. The molecule has 92 valence electrons. The zero-order valence-electron chi connectivity index (χ0n) is 10.2. The van der Waals surface area contributed by atoms with Crippen molar-refractivity contribution in [3.05, 3.63) is 46.9 Å². The van der Waals surface area contributed by atoms with Crippen LogP contribution in [0.25, 0.3) is 0 Å². The average Bonchev–Trinajstić information content (AvgIpc) is 2.37. The summed E-state index contributed by atoms with van der Waals surface area (Å²) in [5, 5.41) is 0.501. The lowest BCUT2D eigenvalue weighted by molar-refractivity contribution is 0.756. The summed E-state index contributed by atoms with van der Waals surface area (Å²) in [6.07, 6.45) is 2.27. The van der Waals surface area contributed by atoms with Gasteiger partial charge in [0.25, 0.3) is 0 Å². The molecule has 0 N–H and O–H groups in total. The molecule has 0 radical (unpaired) electrons. The zero-order chi connectivity index (χ0) is 12.5. The van der Waals surface area contributed by atoms with E-state index in [0.29, 0.717) is 11.0 Å². The standard InChI is InChI=1S/C14H14ClN3/c1-10-16-13(15)9-14(17-10)18-8-4-6-11-5-2-3-7-12(11)18/h2-3,5,7,9H,4,6,8H2,1H3. The van der Waals surface area contributed by atoms with E-state index in [2.05, 4.69) is 39.1 Å². The minimum Gasteiger partial charge on any atom is -0.326 e. The van der Waals surface area contributed by atoms with Crippen molar-refractivity contribution < 1.29 is 0 Å². The van der Waals surface area contributed by atoms with Crippen molar-refractivity contribution in [3.63, 3.8) is 0 Å². The van der Waals surface area contributed by atoms with Gasteiger partial charge in [-0.05, 0) is 31.4 Å². The maximum atomic E-state index is 6.02. The van der Waals surface area contributed by atoms with E-state index in [1.165, 1.54) is 11.3 Å². The Hall–Kier alpha value is -1.61. The monoisotopic (exact) mass is 259 g/mol. The lowest BCUT2D eigenvalue weighted by atomic mass is 10.0. The van der Waals surface area contributed by atoms with Crippen molar-refractivity contribution in [3.8, 4) is 0 Å². The van der Waals surface area contributed by atoms with Crippen LogP contribution in [-0.2, 0) is 6.42 Å². The minimum absolute atomic E-state index is 0.501. The molecule has 0 saturated heterocycles. The first kappa shape index (κ1) is 11.5. The van der Waals surface area contributed by atoms with Gasteiger partial charge in [-0.1, -0.05) is 29.8 Å². The predicted octanol–water partition coefficient (Wildman–Crippen LogP) is 3.52. The summed E-state index contributed by atoms with van der Waals surface area (Å²) in [6, 6.07) is 10.3. The lowest BCUT2D eigenvalue weighted by Gasteiger charge is -2.30. The van der Waals surface area contributed by atoms with Crippen LogP contribution in [-0.4, -0.2) is 16.5 Å². The maximum absolute atomic E-state index is 6.02. The fraction of sp³-hybridized carbons (Fsp3) is 0.286. The SMILES string of the molecule is Cc1nc(Cl)cc(N2CCCc3ccccc32)n1. The van der Waals surface area contributed by atoms with Crippen molar-refractivity contribution >= 4 is 23.1 Å². The van der Waals surface area contributed by atoms with Gasteiger partial charge in [0.2, 0.25) is 0 Å². The van der Waals surface area contributed by atoms with Gasteiger partial charge in [0.05, 0.1) is 0 Å². The van der Waals surface area contributed by atoms with Gasteiger partial charge in [-0.15, -0.1) is 0 Å². The van der Waals surface area contributed by atoms with Crippen LogP contribution >= 0.6 is 11.6 Å². The molecule has 18 heavy (non-hydrogen) atoms. The van der Waals surface area contributed by atoms with E-state index in [1.807, 2.05) is 13.0 Å². The summed E-state index contributed by atoms with van der Waals surface area (Å²) in [5.41, 5.74) is 2.61. The Morgan fingerprint density at radius 1 is 1.22 bits per heavy atom. The highest BCUT2D eigenvalue weighted by Crippen LogP contribution is 2.32. The Balaban J connectivity index is 2.08. The molecule has 3 rings (SSSR count). The number of aryl methyl sites for hydroxylation is 2. The van der Waals surface area contributed by atoms with Gasteiger partial charge < -0.3 is 4.90 Å². The second kappa shape index (κ2) is 4.58. The third kappa shape index (κ3) is 2.06.